The summed E-state index contributed by atoms with van der Waals surface area (Å²) in [7, 11) is 1.54. The van der Waals surface area contributed by atoms with E-state index in [9.17, 15) is 5.11 Å². The van der Waals surface area contributed by atoms with Crippen molar-refractivity contribution in [3.8, 4) is 22.9 Å². The highest BCUT2D eigenvalue weighted by Crippen LogP contribution is 2.29. The summed E-state index contributed by atoms with van der Waals surface area (Å²) in [6.07, 6.45) is 2.76. The number of aromatic hydroxyl groups is 1. The van der Waals surface area contributed by atoms with E-state index in [4.69, 9.17) is 4.74 Å². The van der Waals surface area contributed by atoms with E-state index in [1.54, 1.807) is 12.1 Å². The number of rotatable bonds is 2. The van der Waals surface area contributed by atoms with Gasteiger partial charge < -0.3 is 20.5 Å². The Kier molecular flexibility index (Phi) is 5.92. The first-order valence-electron chi connectivity index (χ1n) is 8.22. The van der Waals surface area contributed by atoms with Gasteiger partial charge in [-0.05, 0) is 39.8 Å². The molecular weight excluding hydrogens is 318 g/mol. The van der Waals surface area contributed by atoms with Gasteiger partial charge in [0.15, 0.2) is 5.82 Å². The van der Waals surface area contributed by atoms with Gasteiger partial charge in [-0.3, -0.25) is 0 Å². The Morgan fingerprint density at radius 2 is 1.64 bits per heavy atom. The quantitative estimate of drug-likeness (QED) is 0.766. The van der Waals surface area contributed by atoms with Crippen LogP contribution in [0.3, 0.4) is 0 Å². The van der Waals surface area contributed by atoms with Gasteiger partial charge in [-0.15, -0.1) is 0 Å². The molecule has 0 unspecified atom stereocenters. The van der Waals surface area contributed by atoms with Crippen molar-refractivity contribution >= 4 is 0 Å². The van der Waals surface area contributed by atoms with Gasteiger partial charge >= 0.3 is 0 Å². The van der Waals surface area contributed by atoms with E-state index in [0.29, 0.717) is 17.1 Å². The van der Waals surface area contributed by atoms with E-state index in [-0.39, 0.29) is 16.8 Å². The van der Waals surface area contributed by atoms with Crippen molar-refractivity contribution in [2.75, 3.05) is 20.2 Å². The molecule has 3 rings (SSSR count). The fourth-order valence-corrected chi connectivity index (χ4v) is 2.90. The van der Waals surface area contributed by atoms with Gasteiger partial charge in [0.05, 0.1) is 12.7 Å². The first-order valence-corrected chi connectivity index (χ1v) is 8.22. The molecule has 7 nitrogen and oxygen atoms in total. The van der Waals surface area contributed by atoms with E-state index in [0.717, 1.165) is 13.1 Å². The third-order valence-electron chi connectivity index (χ3n) is 3.75. The molecule has 1 aromatic carbocycles. The Balaban J connectivity index is 0.000000196. The zero-order chi connectivity index (χ0) is 18.5. The highest BCUT2D eigenvalue weighted by molar-refractivity contribution is 5.64. The highest BCUT2D eigenvalue weighted by Gasteiger charge is 2.31. The number of nitrogens with zero attached hydrogens (tertiary/aromatic N) is 3. The van der Waals surface area contributed by atoms with E-state index < -0.39 is 0 Å². The Morgan fingerprint density at radius 1 is 1.04 bits per heavy atom. The Morgan fingerprint density at radius 3 is 2.08 bits per heavy atom. The molecule has 0 saturated carbocycles. The average molecular weight is 345 g/mol. The minimum absolute atomic E-state index is 0.0838. The normalized spacial score (nSPS) is 18.0. The maximum Gasteiger partial charge on any atom is 0.166 e. The lowest BCUT2D eigenvalue weighted by molar-refractivity contribution is 0.201. The van der Waals surface area contributed by atoms with E-state index in [1.165, 1.54) is 25.8 Å². The van der Waals surface area contributed by atoms with Gasteiger partial charge in [0, 0.05) is 30.2 Å². The summed E-state index contributed by atoms with van der Waals surface area (Å²) in [5.74, 6) is 1.11. The van der Waals surface area contributed by atoms with Gasteiger partial charge in [-0.25, -0.2) is 15.0 Å². The van der Waals surface area contributed by atoms with Crippen molar-refractivity contribution < 1.29 is 9.84 Å². The lowest BCUT2D eigenvalue weighted by atomic mass is 9.93. The van der Waals surface area contributed by atoms with Crippen LogP contribution in [0.2, 0.25) is 0 Å². The molecule has 1 aromatic heterocycles. The van der Waals surface area contributed by atoms with Gasteiger partial charge in [-0.2, -0.15) is 0 Å². The summed E-state index contributed by atoms with van der Waals surface area (Å²) in [4.78, 5) is 11.6. The van der Waals surface area contributed by atoms with Crippen LogP contribution in [0.4, 0.5) is 0 Å². The summed E-state index contributed by atoms with van der Waals surface area (Å²) in [5.41, 5.74) is 1.06. The number of aromatic nitrogens is 3. The van der Waals surface area contributed by atoms with Crippen LogP contribution in [0.15, 0.2) is 30.9 Å². The molecule has 1 aliphatic rings. The number of benzene rings is 1. The van der Waals surface area contributed by atoms with Crippen molar-refractivity contribution in [3.05, 3.63) is 30.9 Å². The van der Waals surface area contributed by atoms with Crippen LogP contribution in [0.5, 0.6) is 11.5 Å². The molecule has 0 bridgehead atoms. The number of phenolic OH excluding ortho intramolecular Hbond substituents is 1. The molecular formula is C18H27N5O2. The molecule has 3 N–H and O–H groups in total. The smallest absolute Gasteiger partial charge is 0.166 e. The standard InChI is InChI=1S/C10H9N3O2.C8H18N2/c1-15-7-2-3-8(9(14)4-7)10-12-5-11-6-13-10;1-7(2)5-9-6-8(3,4)10-7/h2-6,14H,1H3;9-10H,5-6H2,1-4H3. The maximum absolute atomic E-state index is 9.70. The molecule has 7 heteroatoms. The molecule has 0 atom stereocenters. The van der Waals surface area contributed by atoms with Crippen LogP contribution in [0, 0.1) is 0 Å². The SMILES string of the molecule is CC1(C)CNCC(C)(C)N1.COc1ccc(-c2ncncn2)c(O)c1. The Hall–Kier alpha value is -2.25. The fraction of sp³-hybridized carbons (Fsp3) is 0.500. The number of hydrogen-bond acceptors (Lipinski definition) is 7. The third kappa shape index (κ3) is 5.65. The number of nitrogens with one attached hydrogen (secondary N) is 2. The van der Waals surface area contributed by atoms with Crippen LogP contribution < -0.4 is 15.4 Å². The van der Waals surface area contributed by atoms with Crippen molar-refractivity contribution in [3.63, 3.8) is 0 Å². The number of phenols is 1. The average Bonchev–Trinajstić information content (AvgIpc) is 2.54. The highest BCUT2D eigenvalue weighted by atomic mass is 16.5. The second-order valence-electron chi connectivity index (χ2n) is 7.34. The molecule has 2 heterocycles. The van der Waals surface area contributed by atoms with E-state index in [2.05, 4.69) is 53.3 Å². The molecule has 1 fully saturated rings. The van der Waals surface area contributed by atoms with Gasteiger partial charge in [0.1, 0.15) is 24.2 Å². The third-order valence-corrected chi connectivity index (χ3v) is 3.75. The molecule has 25 heavy (non-hydrogen) atoms. The summed E-state index contributed by atoms with van der Waals surface area (Å²) < 4.78 is 4.97. The molecule has 136 valence electrons. The van der Waals surface area contributed by atoms with E-state index >= 15 is 0 Å². The van der Waals surface area contributed by atoms with Crippen molar-refractivity contribution in [2.45, 2.75) is 38.8 Å². The zero-order valence-electron chi connectivity index (χ0n) is 15.5. The van der Waals surface area contributed by atoms with Crippen LogP contribution in [-0.4, -0.2) is 51.3 Å². The van der Waals surface area contributed by atoms with Crippen LogP contribution in [-0.2, 0) is 0 Å². The van der Waals surface area contributed by atoms with Crippen molar-refractivity contribution in [2.24, 2.45) is 0 Å². The lowest BCUT2D eigenvalue weighted by Gasteiger charge is -2.42. The molecule has 0 aliphatic carbocycles. The fourth-order valence-electron chi connectivity index (χ4n) is 2.90. The van der Waals surface area contributed by atoms with E-state index in [1.807, 2.05) is 0 Å². The minimum Gasteiger partial charge on any atom is -0.507 e. The molecule has 0 spiro atoms. The Labute approximate surface area is 148 Å². The predicted molar refractivity (Wildman–Crippen MR) is 97.6 cm³/mol. The number of piperazine rings is 1. The minimum atomic E-state index is 0.0838. The Bertz CT molecular complexity index is 675. The first kappa shape index (κ1) is 19.1. The summed E-state index contributed by atoms with van der Waals surface area (Å²) in [6.45, 7) is 11.0. The molecule has 0 radical (unpaired) electrons. The monoisotopic (exact) mass is 345 g/mol. The second-order valence-corrected chi connectivity index (χ2v) is 7.34. The van der Waals surface area contributed by atoms with Gasteiger partial charge in [-0.1, -0.05) is 0 Å². The maximum atomic E-state index is 9.70. The number of ether oxygens (including phenoxy) is 1. The number of methoxy groups -OCH3 is 1. The van der Waals surface area contributed by atoms with Crippen LogP contribution in [0.1, 0.15) is 27.7 Å². The zero-order valence-corrected chi connectivity index (χ0v) is 15.5. The van der Waals surface area contributed by atoms with Crippen molar-refractivity contribution in [1.82, 2.24) is 25.6 Å². The second kappa shape index (κ2) is 7.76. The largest absolute Gasteiger partial charge is 0.507 e. The van der Waals surface area contributed by atoms with Crippen molar-refractivity contribution in [1.29, 1.82) is 0 Å². The van der Waals surface area contributed by atoms with Crippen LogP contribution in [0.25, 0.3) is 11.4 Å². The van der Waals surface area contributed by atoms with Crippen LogP contribution >= 0.6 is 0 Å². The molecule has 1 aliphatic heterocycles. The lowest BCUT2D eigenvalue weighted by Crippen LogP contribution is -2.65. The summed E-state index contributed by atoms with van der Waals surface area (Å²) in [6, 6.07) is 4.95. The molecule has 1 saturated heterocycles. The predicted octanol–water partition coefficient (Wildman–Crippen LogP) is 1.99. The first-order chi connectivity index (χ1) is 11.7. The summed E-state index contributed by atoms with van der Waals surface area (Å²) >= 11 is 0. The number of hydrogen-bond donors (Lipinski definition) is 3. The van der Waals surface area contributed by atoms with Gasteiger partial charge in [0.25, 0.3) is 0 Å². The molecule has 0 amide bonds. The topological polar surface area (TPSA) is 92.2 Å². The molecule has 2 aromatic rings. The summed E-state index contributed by atoms with van der Waals surface area (Å²) in [5, 5.41) is 16.7. The van der Waals surface area contributed by atoms with Gasteiger partial charge in [0.2, 0.25) is 0 Å².